The van der Waals surface area contributed by atoms with Gasteiger partial charge in [-0.05, 0) is 30.7 Å². The van der Waals surface area contributed by atoms with Crippen LogP contribution in [-0.4, -0.2) is 36.7 Å². The molecule has 1 fully saturated rings. The van der Waals surface area contributed by atoms with Crippen molar-refractivity contribution in [1.82, 2.24) is 30.0 Å². The smallest absolute Gasteiger partial charge is 0.220 e. The molecule has 2 aromatic heterocycles. The maximum Gasteiger partial charge on any atom is 0.220 e. The zero-order valence-electron chi connectivity index (χ0n) is 15.4. The molecule has 1 atom stereocenters. The number of fused-ring (bicyclic) bond motifs is 1. The van der Waals surface area contributed by atoms with E-state index in [0.29, 0.717) is 35.9 Å². The normalized spacial score (nSPS) is 16.3. The highest BCUT2D eigenvalue weighted by molar-refractivity contribution is 5.78. The predicted molar refractivity (Wildman–Crippen MR) is 105 cm³/mol. The lowest BCUT2D eigenvalue weighted by molar-refractivity contribution is -0.119. The minimum Gasteiger partial charge on any atom is -0.353 e. The van der Waals surface area contributed by atoms with Crippen LogP contribution in [0.4, 0.5) is 4.39 Å². The van der Waals surface area contributed by atoms with Crippen molar-refractivity contribution >= 4 is 16.9 Å². The lowest BCUT2D eigenvalue weighted by Crippen LogP contribution is -2.28. The topological polar surface area (TPSA) is 85.6 Å². The van der Waals surface area contributed by atoms with Crippen LogP contribution in [0.5, 0.6) is 0 Å². The zero-order chi connectivity index (χ0) is 19.8. The van der Waals surface area contributed by atoms with Crippen LogP contribution in [0.3, 0.4) is 0 Å². The zero-order valence-corrected chi connectivity index (χ0v) is 15.4. The van der Waals surface area contributed by atoms with Gasteiger partial charge in [-0.3, -0.25) is 9.78 Å². The molecule has 1 saturated heterocycles. The third-order valence-corrected chi connectivity index (χ3v) is 4.92. The third-order valence-electron chi connectivity index (χ3n) is 4.92. The number of rotatable bonds is 4. The first-order valence-electron chi connectivity index (χ1n) is 9.39. The number of hydrogen-bond acceptors (Lipinski definition) is 5. The summed E-state index contributed by atoms with van der Waals surface area (Å²) in [6.07, 6.45) is 3.39. The highest BCUT2D eigenvalue weighted by Gasteiger charge is 2.25. The molecule has 7 nitrogen and oxygen atoms in total. The summed E-state index contributed by atoms with van der Waals surface area (Å²) in [5.41, 5.74) is 2.11. The van der Waals surface area contributed by atoms with E-state index in [1.54, 1.807) is 23.0 Å². The number of halogens is 1. The summed E-state index contributed by atoms with van der Waals surface area (Å²) in [5.74, 6) is 1.25. The molecule has 0 unspecified atom stereocenters. The van der Waals surface area contributed by atoms with E-state index < -0.39 is 0 Å². The van der Waals surface area contributed by atoms with Gasteiger partial charge in [-0.15, -0.1) is 5.10 Å². The monoisotopic (exact) mass is 388 g/mol. The van der Waals surface area contributed by atoms with Crippen molar-refractivity contribution in [1.29, 1.82) is 0 Å². The lowest BCUT2D eigenvalue weighted by atomic mass is 10.1. The Balaban J connectivity index is 1.60. The van der Waals surface area contributed by atoms with Crippen LogP contribution in [0.1, 0.15) is 18.7 Å². The molecule has 4 aromatic rings. The van der Waals surface area contributed by atoms with Gasteiger partial charge in [0.1, 0.15) is 11.6 Å². The van der Waals surface area contributed by atoms with Gasteiger partial charge in [-0.2, -0.15) is 4.68 Å². The van der Waals surface area contributed by atoms with E-state index >= 15 is 0 Å². The molecule has 0 spiro atoms. The van der Waals surface area contributed by atoms with Gasteiger partial charge in [0.25, 0.3) is 0 Å². The Hall–Kier alpha value is -3.68. The molecule has 8 heteroatoms. The summed E-state index contributed by atoms with van der Waals surface area (Å²) in [7, 11) is 0. The van der Waals surface area contributed by atoms with Crippen LogP contribution in [0.2, 0.25) is 0 Å². The molecule has 2 aromatic carbocycles. The third kappa shape index (κ3) is 3.44. The van der Waals surface area contributed by atoms with E-state index in [-0.39, 0.29) is 17.8 Å². The van der Waals surface area contributed by atoms with Crippen LogP contribution in [0.25, 0.3) is 28.2 Å². The Labute approximate surface area is 165 Å². The number of hydrogen-bond donors (Lipinski definition) is 1. The summed E-state index contributed by atoms with van der Waals surface area (Å²) in [6.45, 7) is 0. The van der Waals surface area contributed by atoms with Gasteiger partial charge in [0.05, 0.1) is 17.2 Å². The first kappa shape index (κ1) is 17.4. The number of amides is 1. The summed E-state index contributed by atoms with van der Waals surface area (Å²) in [5, 5.41) is 7.54. The van der Waals surface area contributed by atoms with E-state index in [1.165, 1.54) is 12.1 Å². The average Bonchev–Trinajstić information content (AvgIpc) is 3.34. The Bertz CT molecular complexity index is 1220. The molecule has 5 rings (SSSR count). The minimum atomic E-state index is -0.353. The molecular formula is C21H17FN6O. The molecule has 29 heavy (non-hydrogen) atoms. The molecule has 1 aliphatic heterocycles. The van der Waals surface area contributed by atoms with Crippen LogP contribution >= 0.6 is 0 Å². The van der Waals surface area contributed by atoms with E-state index in [9.17, 15) is 9.18 Å². The largest absolute Gasteiger partial charge is 0.353 e. The number of carbonyl (C=O) groups excluding carboxylic acids is 1. The van der Waals surface area contributed by atoms with E-state index in [2.05, 4.69) is 25.4 Å². The molecule has 0 aliphatic carbocycles. The average molecular weight is 388 g/mol. The van der Waals surface area contributed by atoms with Crippen molar-refractivity contribution < 1.29 is 9.18 Å². The van der Waals surface area contributed by atoms with Crippen LogP contribution in [-0.2, 0) is 11.2 Å². The number of nitrogens with one attached hydrogen (secondary N) is 1. The van der Waals surface area contributed by atoms with Crippen LogP contribution in [0.15, 0.2) is 54.7 Å². The lowest BCUT2D eigenvalue weighted by Gasteiger charge is -2.10. The number of para-hydroxylation sites is 2. The van der Waals surface area contributed by atoms with Gasteiger partial charge in [0.2, 0.25) is 5.91 Å². The van der Waals surface area contributed by atoms with E-state index in [4.69, 9.17) is 0 Å². The second-order valence-corrected chi connectivity index (χ2v) is 7.00. The Morgan fingerprint density at radius 1 is 1.10 bits per heavy atom. The van der Waals surface area contributed by atoms with Crippen molar-refractivity contribution in [2.75, 3.05) is 0 Å². The fraction of sp³-hybridized carbons (Fsp3) is 0.190. The SMILES string of the molecule is O=C1CC[C@H](Cc2nc(-c3cccc(F)c3)nn2-c2cnc3ccccc3n2)N1. The standard InChI is InChI=1S/C21H17FN6O/c22-14-5-3-4-13(10-14)21-26-18(11-15-8-9-20(29)24-15)28(27-21)19-12-23-16-6-1-2-7-17(16)25-19/h1-7,10,12,15H,8-9,11H2,(H,24,29)/t15-/m1/s1. The van der Waals surface area contributed by atoms with Crippen molar-refractivity contribution in [3.8, 4) is 17.2 Å². The van der Waals surface area contributed by atoms with E-state index in [1.807, 2.05) is 24.3 Å². The Morgan fingerprint density at radius 3 is 2.76 bits per heavy atom. The van der Waals surface area contributed by atoms with Gasteiger partial charge in [0.15, 0.2) is 11.6 Å². The molecular weight excluding hydrogens is 371 g/mol. The minimum absolute atomic E-state index is 0.0146. The highest BCUT2D eigenvalue weighted by Crippen LogP contribution is 2.21. The van der Waals surface area contributed by atoms with Crippen molar-refractivity contribution in [3.63, 3.8) is 0 Å². The molecule has 144 valence electrons. The van der Waals surface area contributed by atoms with Gasteiger partial charge in [-0.25, -0.2) is 14.4 Å². The number of nitrogens with zero attached hydrogens (tertiary/aromatic N) is 5. The molecule has 1 N–H and O–H groups in total. The molecule has 0 bridgehead atoms. The quantitative estimate of drug-likeness (QED) is 0.581. The van der Waals surface area contributed by atoms with Gasteiger partial charge in [0, 0.05) is 24.4 Å². The first-order chi connectivity index (χ1) is 14.2. The molecule has 1 amide bonds. The van der Waals surface area contributed by atoms with Gasteiger partial charge >= 0.3 is 0 Å². The summed E-state index contributed by atoms with van der Waals surface area (Å²) < 4.78 is 15.3. The predicted octanol–water partition coefficient (Wildman–Crippen LogP) is 2.84. The van der Waals surface area contributed by atoms with Crippen LogP contribution < -0.4 is 5.32 Å². The highest BCUT2D eigenvalue weighted by atomic mass is 19.1. The Morgan fingerprint density at radius 2 is 1.97 bits per heavy atom. The second-order valence-electron chi connectivity index (χ2n) is 7.00. The number of benzene rings is 2. The summed E-state index contributed by atoms with van der Waals surface area (Å²) in [6, 6.07) is 13.7. The fourth-order valence-electron chi connectivity index (χ4n) is 3.51. The Kier molecular flexibility index (Phi) is 4.23. The molecule has 0 saturated carbocycles. The van der Waals surface area contributed by atoms with Gasteiger partial charge < -0.3 is 5.32 Å². The van der Waals surface area contributed by atoms with E-state index in [0.717, 1.165) is 17.5 Å². The first-order valence-corrected chi connectivity index (χ1v) is 9.39. The van der Waals surface area contributed by atoms with Crippen molar-refractivity contribution in [3.05, 3.63) is 66.4 Å². The molecule has 0 radical (unpaired) electrons. The van der Waals surface area contributed by atoms with Gasteiger partial charge in [-0.1, -0.05) is 24.3 Å². The van der Waals surface area contributed by atoms with Crippen molar-refractivity contribution in [2.45, 2.75) is 25.3 Å². The molecule has 1 aliphatic rings. The fourth-order valence-corrected chi connectivity index (χ4v) is 3.51. The maximum atomic E-state index is 13.7. The maximum absolute atomic E-state index is 13.7. The molecule has 3 heterocycles. The van der Waals surface area contributed by atoms with Crippen LogP contribution in [0, 0.1) is 5.82 Å². The number of carbonyl (C=O) groups is 1. The van der Waals surface area contributed by atoms with Crippen molar-refractivity contribution in [2.24, 2.45) is 0 Å². The second kappa shape index (κ2) is 7.05. The summed E-state index contributed by atoms with van der Waals surface area (Å²) in [4.78, 5) is 25.3. The number of aromatic nitrogens is 5. The summed E-state index contributed by atoms with van der Waals surface area (Å²) >= 11 is 0.